The highest BCUT2D eigenvalue weighted by Crippen LogP contribution is 2.32. The Morgan fingerprint density at radius 1 is 1.05 bits per heavy atom. The Morgan fingerprint density at radius 2 is 1.70 bits per heavy atom. The number of para-hydroxylation sites is 1. The Labute approximate surface area is 217 Å². The first kappa shape index (κ1) is 29.2. The van der Waals surface area contributed by atoms with Gasteiger partial charge in [0.05, 0.1) is 6.42 Å². The minimum atomic E-state index is -1.39. The smallest absolute Gasteiger partial charge is 0.408 e. The van der Waals surface area contributed by atoms with Gasteiger partial charge >= 0.3 is 6.09 Å². The summed E-state index contributed by atoms with van der Waals surface area (Å²) in [7, 11) is 0. The van der Waals surface area contributed by atoms with Crippen molar-refractivity contribution in [3.05, 3.63) is 65.2 Å². The molecule has 0 fully saturated rings. The first-order chi connectivity index (χ1) is 17.3. The van der Waals surface area contributed by atoms with E-state index in [-0.39, 0.29) is 24.4 Å². The van der Waals surface area contributed by atoms with Crippen LogP contribution in [0.1, 0.15) is 56.8 Å². The van der Waals surface area contributed by atoms with Crippen LogP contribution in [0.25, 0.3) is 0 Å². The van der Waals surface area contributed by atoms with Crippen LogP contribution in [0, 0.1) is 6.92 Å². The van der Waals surface area contributed by atoms with Crippen molar-refractivity contribution in [2.45, 2.75) is 65.3 Å². The van der Waals surface area contributed by atoms with Crippen LogP contribution < -0.4 is 16.4 Å². The number of phenolic OH excluding ortho intramolecular Hbond substituents is 1. The van der Waals surface area contributed by atoms with Gasteiger partial charge in [0, 0.05) is 18.7 Å². The number of amides is 4. The molecule has 0 spiro atoms. The van der Waals surface area contributed by atoms with Gasteiger partial charge in [0.25, 0.3) is 0 Å². The summed E-state index contributed by atoms with van der Waals surface area (Å²) in [5.74, 6) is -2.24. The van der Waals surface area contributed by atoms with Gasteiger partial charge in [-0.1, -0.05) is 48.5 Å². The number of aromatic hydroxyl groups is 1. The molecule has 2 aromatic rings. The number of carbonyl (C=O) groups is 4. The number of aryl methyl sites for hydroxylation is 1. The van der Waals surface area contributed by atoms with Crippen molar-refractivity contribution in [1.29, 1.82) is 0 Å². The molecule has 10 heteroatoms. The van der Waals surface area contributed by atoms with Crippen LogP contribution in [-0.4, -0.2) is 52.0 Å². The van der Waals surface area contributed by atoms with E-state index in [0.717, 1.165) is 5.56 Å². The maximum absolute atomic E-state index is 13.7. The van der Waals surface area contributed by atoms with Crippen molar-refractivity contribution in [3.63, 3.8) is 0 Å². The van der Waals surface area contributed by atoms with Crippen LogP contribution in [-0.2, 0) is 25.7 Å². The van der Waals surface area contributed by atoms with Gasteiger partial charge in [0.15, 0.2) is 0 Å². The van der Waals surface area contributed by atoms with E-state index in [2.05, 4.69) is 10.6 Å². The molecule has 0 heterocycles. The number of primary amides is 1. The SMILES string of the molecule is CCN(C(=O)C(CC(N)=O)NC(=O)OC(C)(C)C)C(C(=O)NCc1ccccc1)c1cccc(C)c1O. The third kappa shape index (κ3) is 8.52. The van der Waals surface area contributed by atoms with E-state index in [9.17, 15) is 24.3 Å². The minimum absolute atomic E-state index is 0.0287. The number of benzene rings is 2. The summed E-state index contributed by atoms with van der Waals surface area (Å²) in [6.45, 7) is 8.51. The molecule has 0 saturated heterocycles. The second-order valence-corrected chi connectivity index (χ2v) is 9.61. The second kappa shape index (κ2) is 12.8. The molecule has 200 valence electrons. The largest absolute Gasteiger partial charge is 0.507 e. The Bertz CT molecular complexity index is 1110. The fourth-order valence-electron chi connectivity index (χ4n) is 3.75. The molecule has 37 heavy (non-hydrogen) atoms. The second-order valence-electron chi connectivity index (χ2n) is 9.61. The fourth-order valence-corrected chi connectivity index (χ4v) is 3.75. The number of likely N-dealkylation sites (N-methyl/N-ethyl adjacent to an activating group) is 1. The Hall–Kier alpha value is -4.08. The van der Waals surface area contributed by atoms with Crippen LogP contribution in [0.3, 0.4) is 0 Å². The van der Waals surface area contributed by atoms with Crippen LogP contribution in [0.15, 0.2) is 48.5 Å². The number of ether oxygens (including phenoxy) is 1. The zero-order valence-corrected chi connectivity index (χ0v) is 21.9. The van der Waals surface area contributed by atoms with Crippen LogP contribution in [0.4, 0.5) is 4.79 Å². The van der Waals surface area contributed by atoms with Gasteiger partial charge in [-0.05, 0) is 45.7 Å². The minimum Gasteiger partial charge on any atom is -0.507 e. The predicted molar refractivity (Wildman–Crippen MR) is 138 cm³/mol. The number of alkyl carbamates (subject to hydrolysis) is 1. The summed E-state index contributed by atoms with van der Waals surface area (Å²) < 4.78 is 5.24. The van der Waals surface area contributed by atoms with Crippen molar-refractivity contribution in [2.75, 3.05) is 6.54 Å². The molecule has 2 unspecified atom stereocenters. The molecular weight excluding hydrogens is 476 g/mol. The highest BCUT2D eigenvalue weighted by Gasteiger charge is 2.37. The fraction of sp³-hybridized carbons (Fsp3) is 0.407. The molecular formula is C27H36N4O6. The van der Waals surface area contributed by atoms with Gasteiger partial charge in [-0.3, -0.25) is 14.4 Å². The van der Waals surface area contributed by atoms with E-state index >= 15 is 0 Å². The van der Waals surface area contributed by atoms with E-state index in [4.69, 9.17) is 10.5 Å². The molecule has 2 aromatic carbocycles. The number of rotatable bonds is 10. The van der Waals surface area contributed by atoms with Gasteiger partial charge in [-0.2, -0.15) is 0 Å². The summed E-state index contributed by atoms with van der Waals surface area (Å²) in [5.41, 5.74) is 6.08. The molecule has 5 N–H and O–H groups in total. The number of nitrogens with zero attached hydrogens (tertiary/aromatic N) is 1. The number of nitrogens with two attached hydrogens (primary N) is 1. The standard InChI is InChI=1S/C27H36N4O6/c1-6-31(25(35)20(15-21(28)32)30-26(36)37-27(3,4)5)22(19-14-10-11-17(2)23(19)33)24(34)29-16-18-12-8-7-9-13-18/h7-14,20,22,33H,6,15-16H2,1-5H3,(H2,28,32)(H,29,34)(H,30,36). The first-order valence-electron chi connectivity index (χ1n) is 12.0. The lowest BCUT2D eigenvalue weighted by Crippen LogP contribution is -2.54. The number of hydrogen-bond donors (Lipinski definition) is 4. The topological polar surface area (TPSA) is 151 Å². The van der Waals surface area contributed by atoms with Crippen LogP contribution in [0.5, 0.6) is 5.75 Å². The molecule has 0 radical (unpaired) electrons. The van der Waals surface area contributed by atoms with Crippen LogP contribution in [0.2, 0.25) is 0 Å². The van der Waals surface area contributed by atoms with Gasteiger partial charge in [-0.25, -0.2) is 4.79 Å². The summed E-state index contributed by atoms with van der Waals surface area (Å²) in [4.78, 5) is 52.6. The Morgan fingerprint density at radius 3 is 2.27 bits per heavy atom. The Kier molecular flexibility index (Phi) is 10.0. The summed E-state index contributed by atoms with van der Waals surface area (Å²) >= 11 is 0. The van der Waals surface area contributed by atoms with E-state index in [0.29, 0.717) is 5.56 Å². The van der Waals surface area contributed by atoms with E-state index in [1.807, 2.05) is 30.3 Å². The number of carbonyl (C=O) groups excluding carboxylic acids is 4. The van der Waals surface area contributed by atoms with Gasteiger partial charge in [0.2, 0.25) is 17.7 Å². The van der Waals surface area contributed by atoms with Crippen molar-refractivity contribution in [1.82, 2.24) is 15.5 Å². The molecule has 2 rings (SSSR count). The first-order valence-corrected chi connectivity index (χ1v) is 12.0. The zero-order chi connectivity index (χ0) is 27.8. The normalized spacial score (nSPS) is 12.7. The van der Waals surface area contributed by atoms with Gasteiger partial charge < -0.3 is 31.1 Å². The maximum atomic E-state index is 13.7. The van der Waals surface area contributed by atoms with E-state index < -0.39 is 47.9 Å². The van der Waals surface area contributed by atoms with Crippen molar-refractivity contribution >= 4 is 23.8 Å². The van der Waals surface area contributed by atoms with Gasteiger partial charge in [-0.15, -0.1) is 0 Å². The summed E-state index contributed by atoms with van der Waals surface area (Å²) in [6.07, 6.45) is -1.42. The highest BCUT2D eigenvalue weighted by molar-refractivity contribution is 5.94. The monoisotopic (exact) mass is 512 g/mol. The van der Waals surface area contributed by atoms with Crippen molar-refractivity contribution in [2.24, 2.45) is 5.73 Å². The number of nitrogens with one attached hydrogen (secondary N) is 2. The molecule has 2 atom stereocenters. The van der Waals surface area contributed by atoms with E-state index in [1.54, 1.807) is 52.8 Å². The molecule has 0 aromatic heterocycles. The summed E-state index contributed by atoms with van der Waals surface area (Å²) in [6, 6.07) is 11.5. The quantitative estimate of drug-likeness (QED) is 0.384. The molecule has 4 amide bonds. The Balaban J connectivity index is 2.44. The van der Waals surface area contributed by atoms with Gasteiger partial charge in [0.1, 0.15) is 23.4 Å². The molecule has 10 nitrogen and oxygen atoms in total. The lowest BCUT2D eigenvalue weighted by Gasteiger charge is -2.34. The molecule has 0 aliphatic carbocycles. The zero-order valence-electron chi connectivity index (χ0n) is 21.9. The van der Waals surface area contributed by atoms with Crippen LogP contribution >= 0.6 is 0 Å². The average molecular weight is 513 g/mol. The molecule has 0 aliphatic rings. The molecule has 0 saturated carbocycles. The number of hydrogen-bond acceptors (Lipinski definition) is 6. The highest BCUT2D eigenvalue weighted by atomic mass is 16.6. The number of phenols is 1. The third-order valence-electron chi connectivity index (χ3n) is 5.45. The molecule has 0 bridgehead atoms. The van der Waals surface area contributed by atoms with E-state index in [1.165, 1.54) is 4.90 Å². The third-order valence-corrected chi connectivity index (χ3v) is 5.45. The van der Waals surface area contributed by atoms with Crippen molar-refractivity contribution in [3.8, 4) is 5.75 Å². The lowest BCUT2D eigenvalue weighted by molar-refractivity contribution is -0.143. The predicted octanol–water partition coefficient (Wildman–Crippen LogP) is 2.68. The lowest BCUT2D eigenvalue weighted by atomic mass is 9.99. The average Bonchev–Trinajstić information content (AvgIpc) is 2.81. The summed E-state index contributed by atoms with van der Waals surface area (Å²) in [5, 5.41) is 16.0. The molecule has 0 aliphatic heterocycles. The maximum Gasteiger partial charge on any atom is 0.408 e. The van der Waals surface area contributed by atoms with Crippen molar-refractivity contribution < 1.29 is 29.0 Å².